The highest BCUT2D eigenvalue weighted by Crippen LogP contribution is 2.15. The third kappa shape index (κ3) is 4.07. The molecule has 0 atom stereocenters. The summed E-state index contributed by atoms with van der Waals surface area (Å²) in [6, 6.07) is 13.7. The van der Waals surface area contributed by atoms with Crippen molar-refractivity contribution in [2.75, 3.05) is 0 Å². The molecule has 1 aromatic heterocycles. The zero-order valence-electron chi connectivity index (χ0n) is 11.2. The van der Waals surface area contributed by atoms with E-state index in [1.54, 1.807) is 6.07 Å². The number of aliphatic hydroxyl groups excluding tert-OH is 1. The average molecular weight is 257 g/mol. The Balaban J connectivity index is 2.08. The van der Waals surface area contributed by atoms with Crippen LogP contribution in [-0.2, 0) is 19.6 Å². The van der Waals surface area contributed by atoms with Gasteiger partial charge in [0.25, 0.3) is 0 Å². The van der Waals surface area contributed by atoms with Crippen LogP contribution in [0.1, 0.15) is 30.2 Å². The van der Waals surface area contributed by atoms with Gasteiger partial charge >= 0.3 is 0 Å². The van der Waals surface area contributed by atoms with Crippen LogP contribution >= 0.6 is 0 Å². The van der Waals surface area contributed by atoms with E-state index in [4.69, 9.17) is 4.74 Å². The quantitative estimate of drug-likeness (QED) is 0.864. The molecule has 2 rings (SSSR count). The molecule has 1 aromatic carbocycles. The fourth-order valence-electron chi connectivity index (χ4n) is 1.90. The molecular weight excluding hydrogens is 238 g/mol. The van der Waals surface area contributed by atoms with E-state index < -0.39 is 0 Å². The number of pyridine rings is 1. The predicted molar refractivity (Wildman–Crippen MR) is 74.9 cm³/mol. The lowest BCUT2D eigenvalue weighted by atomic mass is 10.2. The molecule has 2 aromatic rings. The lowest BCUT2D eigenvalue weighted by Crippen LogP contribution is -2.01. The van der Waals surface area contributed by atoms with Crippen molar-refractivity contribution in [3.8, 4) is 5.88 Å². The van der Waals surface area contributed by atoms with Gasteiger partial charge < -0.3 is 9.84 Å². The normalized spacial score (nSPS) is 10.4. The van der Waals surface area contributed by atoms with Gasteiger partial charge in [0.15, 0.2) is 0 Å². The molecule has 0 aliphatic heterocycles. The van der Waals surface area contributed by atoms with Gasteiger partial charge in [-0.15, -0.1) is 0 Å². The molecule has 1 N–H and O–H groups in total. The van der Waals surface area contributed by atoms with Crippen molar-refractivity contribution in [1.82, 2.24) is 4.98 Å². The molecule has 0 fully saturated rings. The van der Waals surface area contributed by atoms with Gasteiger partial charge in [0.05, 0.1) is 6.61 Å². The molecule has 0 unspecified atom stereocenters. The van der Waals surface area contributed by atoms with Crippen molar-refractivity contribution >= 4 is 0 Å². The lowest BCUT2D eigenvalue weighted by molar-refractivity contribution is 0.274. The number of nitrogens with zero attached hydrogens (tertiary/aromatic N) is 1. The molecule has 0 amide bonds. The van der Waals surface area contributed by atoms with Crippen LogP contribution in [0.3, 0.4) is 0 Å². The summed E-state index contributed by atoms with van der Waals surface area (Å²) < 4.78 is 5.70. The Hall–Kier alpha value is -1.87. The molecule has 0 aliphatic rings. The highest BCUT2D eigenvalue weighted by molar-refractivity contribution is 5.25. The fourth-order valence-corrected chi connectivity index (χ4v) is 1.90. The van der Waals surface area contributed by atoms with E-state index in [2.05, 4.69) is 11.9 Å². The van der Waals surface area contributed by atoms with Crippen LogP contribution in [0.2, 0.25) is 0 Å². The Morgan fingerprint density at radius 1 is 1.11 bits per heavy atom. The van der Waals surface area contributed by atoms with Gasteiger partial charge in [-0.2, -0.15) is 0 Å². The largest absolute Gasteiger partial charge is 0.473 e. The van der Waals surface area contributed by atoms with E-state index >= 15 is 0 Å². The van der Waals surface area contributed by atoms with Gasteiger partial charge in [-0.25, -0.2) is 4.98 Å². The average Bonchev–Trinajstić information content (AvgIpc) is 2.46. The number of rotatable bonds is 6. The molecule has 0 saturated heterocycles. The van der Waals surface area contributed by atoms with E-state index in [1.165, 1.54) is 0 Å². The van der Waals surface area contributed by atoms with Crippen molar-refractivity contribution in [3.05, 3.63) is 59.3 Å². The Kier molecular flexibility index (Phi) is 4.93. The molecule has 1 heterocycles. The second-order valence-electron chi connectivity index (χ2n) is 4.49. The topological polar surface area (TPSA) is 42.4 Å². The van der Waals surface area contributed by atoms with E-state index in [1.807, 2.05) is 36.4 Å². The summed E-state index contributed by atoms with van der Waals surface area (Å²) in [5.41, 5.74) is 2.93. The van der Waals surface area contributed by atoms with Gasteiger partial charge in [0.1, 0.15) is 6.61 Å². The van der Waals surface area contributed by atoms with Crippen LogP contribution in [0.5, 0.6) is 5.88 Å². The number of ether oxygens (including phenoxy) is 1. The number of hydrogen-bond donors (Lipinski definition) is 1. The molecule has 0 saturated carbocycles. The summed E-state index contributed by atoms with van der Waals surface area (Å²) in [5, 5.41) is 9.26. The maximum absolute atomic E-state index is 9.26. The lowest BCUT2D eigenvalue weighted by Gasteiger charge is -2.09. The molecule has 0 spiro atoms. The molecule has 0 radical (unpaired) electrons. The SMILES string of the molecule is CCCc1cc(CO)cc(OCc2ccccc2)n1. The minimum Gasteiger partial charge on any atom is -0.473 e. The van der Waals surface area contributed by atoms with E-state index in [-0.39, 0.29) is 6.61 Å². The molecule has 100 valence electrons. The second-order valence-corrected chi connectivity index (χ2v) is 4.49. The molecule has 3 heteroatoms. The summed E-state index contributed by atoms with van der Waals surface area (Å²) in [5.74, 6) is 0.582. The number of aromatic nitrogens is 1. The van der Waals surface area contributed by atoms with Gasteiger partial charge in [-0.05, 0) is 23.6 Å². The van der Waals surface area contributed by atoms with Crippen molar-refractivity contribution in [1.29, 1.82) is 0 Å². The smallest absolute Gasteiger partial charge is 0.214 e. The Morgan fingerprint density at radius 2 is 1.89 bits per heavy atom. The minimum atomic E-state index is 0.0148. The first-order valence-electron chi connectivity index (χ1n) is 6.59. The molecule has 0 aliphatic carbocycles. The van der Waals surface area contributed by atoms with Gasteiger partial charge in [0, 0.05) is 11.8 Å². The highest BCUT2D eigenvalue weighted by Gasteiger charge is 2.03. The third-order valence-corrected chi connectivity index (χ3v) is 2.83. The van der Waals surface area contributed by atoms with Crippen LogP contribution in [0.15, 0.2) is 42.5 Å². The minimum absolute atomic E-state index is 0.0148. The number of benzene rings is 1. The predicted octanol–water partition coefficient (Wildman–Crippen LogP) is 3.11. The summed E-state index contributed by atoms with van der Waals surface area (Å²) >= 11 is 0. The second kappa shape index (κ2) is 6.90. The number of hydrogen-bond acceptors (Lipinski definition) is 3. The first-order valence-corrected chi connectivity index (χ1v) is 6.59. The maximum atomic E-state index is 9.26. The summed E-state index contributed by atoms with van der Waals surface area (Å²) in [4.78, 5) is 4.45. The standard InChI is InChI=1S/C16H19NO2/c1-2-6-15-9-14(11-18)10-16(17-15)19-12-13-7-4-3-5-8-13/h3-5,7-10,18H,2,6,11-12H2,1H3. The van der Waals surface area contributed by atoms with Gasteiger partial charge in [0.2, 0.25) is 5.88 Å². The first kappa shape index (κ1) is 13.6. The van der Waals surface area contributed by atoms with E-state index in [0.29, 0.717) is 12.5 Å². The maximum Gasteiger partial charge on any atom is 0.214 e. The third-order valence-electron chi connectivity index (χ3n) is 2.83. The fraction of sp³-hybridized carbons (Fsp3) is 0.312. The van der Waals surface area contributed by atoms with Crippen LogP contribution in [0.25, 0.3) is 0 Å². The van der Waals surface area contributed by atoms with E-state index in [9.17, 15) is 5.11 Å². The highest BCUT2D eigenvalue weighted by atomic mass is 16.5. The van der Waals surface area contributed by atoms with Crippen molar-refractivity contribution in [3.63, 3.8) is 0 Å². The van der Waals surface area contributed by atoms with Gasteiger partial charge in [-0.1, -0.05) is 43.7 Å². The number of aliphatic hydroxyl groups is 1. The van der Waals surface area contributed by atoms with Crippen LogP contribution < -0.4 is 4.74 Å². The zero-order chi connectivity index (χ0) is 13.5. The summed E-state index contributed by atoms with van der Waals surface area (Å²) in [7, 11) is 0. The van der Waals surface area contributed by atoms with Crippen LogP contribution in [0.4, 0.5) is 0 Å². The van der Waals surface area contributed by atoms with Crippen molar-refractivity contribution in [2.24, 2.45) is 0 Å². The van der Waals surface area contributed by atoms with E-state index in [0.717, 1.165) is 29.7 Å². The van der Waals surface area contributed by atoms with Crippen LogP contribution in [0, 0.1) is 0 Å². The number of aryl methyl sites for hydroxylation is 1. The Bertz CT molecular complexity index is 511. The van der Waals surface area contributed by atoms with Crippen LogP contribution in [-0.4, -0.2) is 10.1 Å². The zero-order valence-corrected chi connectivity index (χ0v) is 11.2. The molecule has 19 heavy (non-hydrogen) atoms. The van der Waals surface area contributed by atoms with Crippen molar-refractivity contribution in [2.45, 2.75) is 33.0 Å². The summed E-state index contributed by atoms with van der Waals surface area (Å²) in [6.45, 7) is 2.62. The summed E-state index contributed by atoms with van der Waals surface area (Å²) in [6.07, 6.45) is 1.93. The molecule has 3 nitrogen and oxygen atoms in total. The van der Waals surface area contributed by atoms with Crippen molar-refractivity contribution < 1.29 is 9.84 Å². The molecule has 0 bridgehead atoms. The molecular formula is C16H19NO2. The van der Waals surface area contributed by atoms with Gasteiger partial charge in [-0.3, -0.25) is 0 Å². The Morgan fingerprint density at radius 3 is 2.58 bits per heavy atom. The Labute approximate surface area is 113 Å². The first-order chi connectivity index (χ1) is 9.31. The monoisotopic (exact) mass is 257 g/mol.